The minimum atomic E-state index is -1.39. The van der Waals surface area contributed by atoms with Crippen LogP contribution in [0.4, 0.5) is 5.82 Å². The van der Waals surface area contributed by atoms with Crippen molar-refractivity contribution < 1.29 is 19.5 Å². The summed E-state index contributed by atoms with van der Waals surface area (Å²) in [5, 5.41) is 12.0. The van der Waals surface area contributed by atoms with Gasteiger partial charge in [0, 0.05) is 0 Å². The Morgan fingerprint density at radius 3 is 2.94 bits per heavy atom. The Bertz CT molecular complexity index is 419. The molecule has 0 saturated carbocycles. The number of oxime groups is 1. The first kappa shape index (κ1) is 11.6. The number of carboxylic acids is 1. The molecule has 0 bridgehead atoms. The number of nitrogen functional groups attached to an aromatic ring is 1. The van der Waals surface area contributed by atoms with E-state index in [0.717, 1.165) is 6.21 Å². The van der Waals surface area contributed by atoms with E-state index in [1.165, 1.54) is 12.1 Å². The van der Waals surface area contributed by atoms with Gasteiger partial charge >= 0.3 is 5.97 Å². The molecule has 0 aliphatic heterocycles. The lowest BCUT2D eigenvalue weighted by Crippen LogP contribution is -2.15. The maximum absolute atomic E-state index is 10.8. The zero-order chi connectivity index (χ0) is 12.0. The first-order valence-electron chi connectivity index (χ1n) is 4.23. The van der Waals surface area contributed by atoms with Crippen LogP contribution >= 0.6 is 0 Å². The number of carboxylic acid groups (broad SMARTS) is 1. The standard InChI is InChI=1S/C9H9N3O4/c10-7-3-1-2-6(12-7)8(9(14)15)16-11-4-5-13/h1-5,8H,(H2,10,12)(H,14,15)/b11-4+. The molecule has 0 radical (unpaired) electrons. The lowest BCUT2D eigenvalue weighted by Gasteiger charge is -2.09. The van der Waals surface area contributed by atoms with Crippen molar-refractivity contribution in [3.8, 4) is 0 Å². The van der Waals surface area contributed by atoms with Gasteiger partial charge in [-0.25, -0.2) is 9.78 Å². The summed E-state index contributed by atoms with van der Waals surface area (Å²) in [5.41, 5.74) is 5.50. The van der Waals surface area contributed by atoms with Crippen molar-refractivity contribution in [1.29, 1.82) is 0 Å². The molecule has 0 spiro atoms. The lowest BCUT2D eigenvalue weighted by molar-refractivity contribution is -0.151. The van der Waals surface area contributed by atoms with Crippen LogP contribution in [0.3, 0.4) is 0 Å². The van der Waals surface area contributed by atoms with Crippen molar-refractivity contribution in [3.63, 3.8) is 0 Å². The van der Waals surface area contributed by atoms with Gasteiger partial charge in [-0.1, -0.05) is 11.2 Å². The number of nitrogens with zero attached hydrogens (tertiary/aromatic N) is 2. The molecule has 1 aromatic rings. The number of carbonyl (C=O) groups is 2. The minimum Gasteiger partial charge on any atom is -0.478 e. The number of aromatic nitrogens is 1. The van der Waals surface area contributed by atoms with Crippen LogP contribution in [-0.4, -0.2) is 28.6 Å². The van der Waals surface area contributed by atoms with Crippen LogP contribution in [0, 0.1) is 0 Å². The van der Waals surface area contributed by atoms with Crippen molar-refractivity contribution in [2.45, 2.75) is 6.10 Å². The van der Waals surface area contributed by atoms with Crippen molar-refractivity contribution in [2.75, 3.05) is 5.73 Å². The summed E-state index contributed by atoms with van der Waals surface area (Å²) < 4.78 is 0. The smallest absolute Gasteiger partial charge is 0.354 e. The second kappa shape index (κ2) is 5.44. The fourth-order valence-electron chi connectivity index (χ4n) is 0.961. The quantitative estimate of drug-likeness (QED) is 0.412. The van der Waals surface area contributed by atoms with E-state index >= 15 is 0 Å². The maximum atomic E-state index is 10.8. The molecule has 1 heterocycles. The van der Waals surface area contributed by atoms with E-state index in [9.17, 15) is 9.59 Å². The molecule has 7 nitrogen and oxygen atoms in total. The van der Waals surface area contributed by atoms with Crippen molar-refractivity contribution in [3.05, 3.63) is 23.9 Å². The van der Waals surface area contributed by atoms with Gasteiger partial charge in [0.15, 0.2) is 6.29 Å². The van der Waals surface area contributed by atoms with Gasteiger partial charge in [0.1, 0.15) is 12.0 Å². The summed E-state index contributed by atoms with van der Waals surface area (Å²) in [5.74, 6) is -1.10. The molecule has 0 aromatic carbocycles. The first-order chi connectivity index (χ1) is 7.65. The normalized spacial score (nSPS) is 12.2. The molecule has 0 saturated heterocycles. The van der Waals surface area contributed by atoms with E-state index in [4.69, 9.17) is 10.8 Å². The third-order valence-corrected chi connectivity index (χ3v) is 1.57. The van der Waals surface area contributed by atoms with Gasteiger partial charge in [0.25, 0.3) is 6.10 Å². The number of hydrogen-bond acceptors (Lipinski definition) is 6. The third kappa shape index (κ3) is 3.05. The zero-order valence-corrected chi connectivity index (χ0v) is 8.11. The minimum absolute atomic E-state index is 0.107. The number of carbonyl (C=O) groups excluding carboxylic acids is 1. The Morgan fingerprint density at radius 1 is 1.62 bits per heavy atom. The lowest BCUT2D eigenvalue weighted by atomic mass is 10.2. The average molecular weight is 223 g/mol. The number of nitrogens with two attached hydrogens (primary N) is 1. The van der Waals surface area contributed by atoms with Gasteiger partial charge in [-0.3, -0.25) is 4.79 Å². The summed E-state index contributed by atoms with van der Waals surface area (Å²) in [6.07, 6.45) is -0.229. The molecule has 0 amide bonds. The second-order valence-electron chi connectivity index (χ2n) is 2.70. The summed E-state index contributed by atoms with van der Waals surface area (Å²) >= 11 is 0. The largest absolute Gasteiger partial charge is 0.478 e. The van der Waals surface area contributed by atoms with Gasteiger partial charge in [-0.2, -0.15) is 0 Å². The van der Waals surface area contributed by atoms with E-state index in [1.807, 2.05) is 0 Å². The number of rotatable bonds is 5. The Balaban J connectivity index is 2.89. The van der Waals surface area contributed by atoms with E-state index in [0.29, 0.717) is 6.29 Å². The van der Waals surface area contributed by atoms with Crippen LogP contribution in [0.1, 0.15) is 11.8 Å². The fourth-order valence-corrected chi connectivity index (χ4v) is 0.961. The van der Waals surface area contributed by atoms with E-state index in [-0.39, 0.29) is 11.5 Å². The third-order valence-electron chi connectivity index (χ3n) is 1.57. The number of hydrogen-bond donors (Lipinski definition) is 2. The Labute approximate surface area is 90.5 Å². The highest BCUT2D eigenvalue weighted by atomic mass is 16.6. The van der Waals surface area contributed by atoms with Gasteiger partial charge in [0.05, 0.1) is 5.69 Å². The SMILES string of the molecule is Nc1cccc(C(O/N=C/C=O)C(=O)O)n1. The average Bonchev–Trinajstić information content (AvgIpc) is 2.24. The van der Waals surface area contributed by atoms with E-state index < -0.39 is 12.1 Å². The van der Waals surface area contributed by atoms with Crippen molar-refractivity contribution >= 4 is 24.3 Å². The number of aliphatic carboxylic acids is 1. The summed E-state index contributed by atoms with van der Waals surface area (Å²) in [6.45, 7) is 0. The highest BCUT2D eigenvalue weighted by Crippen LogP contribution is 2.16. The second-order valence-corrected chi connectivity index (χ2v) is 2.70. The summed E-state index contributed by atoms with van der Waals surface area (Å²) in [6, 6.07) is 4.49. The van der Waals surface area contributed by atoms with Crippen molar-refractivity contribution in [2.24, 2.45) is 5.16 Å². The fraction of sp³-hybridized carbons (Fsp3) is 0.111. The number of anilines is 1. The molecule has 1 unspecified atom stereocenters. The van der Waals surface area contributed by atoms with Crippen LogP contribution < -0.4 is 5.73 Å². The Morgan fingerprint density at radius 2 is 2.38 bits per heavy atom. The zero-order valence-electron chi connectivity index (χ0n) is 8.11. The molecule has 1 atom stereocenters. The molecule has 3 N–H and O–H groups in total. The molecule has 7 heteroatoms. The molecule has 84 valence electrons. The predicted octanol–water partition coefficient (Wildman–Crippen LogP) is -0.00920. The van der Waals surface area contributed by atoms with E-state index in [1.54, 1.807) is 6.07 Å². The Kier molecular flexibility index (Phi) is 3.96. The summed E-state index contributed by atoms with van der Waals surface area (Å²) in [4.78, 5) is 29.2. The molecular formula is C9H9N3O4. The maximum Gasteiger partial charge on any atom is 0.354 e. The monoisotopic (exact) mass is 223 g/mol. The molecule has 1 aromatic heterocycles. The van der Waals surface area contributed by atoms with Crippen LogP contribution in [0.25, 0.3) is 0 Å². The van der Waals surface area contributed by atoms with Gasteiger partial charge in [-0.15, -0.1) is 0 Å². The van der Waals surface area contributed by atoms with Crippen LogP contribution in [-0.2, 0) is 14.4 Å². The van der Waals surface area contributed by atoms with Crippen LogP contribution in [0.15, 0.2) is 23.4 Å². The van der Waals surface area contributed by atoms with Gasteiger partial charge in [-0.05, 0) is 12.1 Å². The molecule has 1 rings (SSSR count). The van der Waals surface area contributed by atoms with E-state index in [2.05, 4.69) is 15.0 Å². The van der Waals surface area contributed by atoms with Gasteiger partial charge in [0.2, 0.25) is 0 Å². The van der Waals surface area contributed by atoms with Crippen LogP contribution in [0.5, 0.6) is 0 Å². The molecule has 16 heavy (non-hydrogen) atoms. The number of pyridine rings is 1. The highest BCUT2D eigenvalue weighted by molar-refractivity contribution is 6.12. The molecule has 0 aliphatic rings. The highest BCUT2D eigenvalue weighted by Gasteiger charge is 2.23. The van der Waals surface area contributed by atoms with Crippen molar-refractivity contribution in [1.82, 2.24) is 4.98 Å². The van der Waals surface area contributed by atoms with Crippen LogP contribution in [0.2, 0.25) is 0 Å². The number of aldehydes is 1. The van der Waals surface area contributed by atoms with Gasteiger partial charge < -0.3 is 15.7 Å². The molecule has 0 aliphatic carbocycles. The summed E-state index contributed by atoms with van der Waals surface area (Å²) in [7, 11) is 0. The predicted molar refractivity (Wildman–Crippen MR) is 54.7 cm³/mol. The molecular weight excluding hydrogens is 214 g/mol. The Hall–Kier alpha value is -2.44. The molecule has 0 fully saturated rings. The first-order valence-corrected chi connectivity index (χ1v) is 4.23. The topological polar surface area (TPSA) is 115 Å².